The van der Waals surface area contributed by atoms with Gasteiger partial charge in [0.2, 0.25) is 5.91 Å². The number of halogens is 3. The van der Waals surface area contributed by atoms with E-state index in [-0.39, 0.29) is 16.4 Å². The van der Waals surface area contributed by atoms with Crippen LogP contribution in [0.15, 0.2) is 138 Å². The Bertz CT molecular complexity index is 1910. The number of hydrogen-bond acceptors (Lipinski definition) is 4. The van der Waals surface area contributed by atoms with Gasteiger partial charge in [-0.2, -0.15) is 0 Å². The Balaban J connectivity index is 1.40. The predicted octanol–water partition coefficient (Wildman–Crippen LogP) is 9.01. The molecule has 0 aliphatic rings. The molecule has 0 aliphatic carbocycles. The van der Waals surface area contributed by atoms with Crippen LogP contribution >= 0.6 is 35.0 Å². The Labute approximate surface area is 279 Å². The van der Waals surface area contributed by atoms with E-state index in [0.29, 0.717) is 32.3 Å². The van der Waals surface area contributed by atoms with Gasteiger partial charge in [-0.25, -0.2) is 4.39 Å². The van der Waals surface area contributed by atoms with Crippen molar-refractivity contribution in [2.24, 2.45) is 0 Å². The lowest BCUT2D eigenvalue weighted by molar-refractivity contribution is -0.116. The molecular weight excluding hydrogens is 644 g/mol. The monoisotopic (exact) mass is 669 g/mol. The molecule has 0 spiro atoms. The quantitative estimate of drug-likeness (QED) is 0.102. The highest BCUT2D eigenvalue weighted by Crippen LogP contribution is 2.37. The molecule has 0 saturated carbocycles. The zero-order chi connectivity index (χ0) is 32.5. The molecule has 10 heteroatoms. The van der Waals surface area contributed by atoms with Gasteiger partial charge in [-0.1, -0.05) is 102 Å². The fourth-order valence-electron chi connectivity index (χ4n) is 4.37. The molecule has 0 aromatic heterocycles. The number of hydrogen-bond donors (Lipinski definition) is 3. The van der Waals surface area contributed by atoms with Gasteiger partial charge in [-0.15, -0.1) is 11.8 Å². The van der Waals surface area contributed by atoms with Crippen LogP contribution in [0.1, 0.15) is 26.7 Å². The van der Waals surface area contributed by atoms with Gasteiger partial charge in [0.25, 0.3) is 11.8 Å². The van der Waals surface area contributed by atoms with Gasteiger partial charge in [0, 0.05) is 16.1 Å². The first kappa shape index (κ1) is 32.5. The van der Waals surface area contributed by atoms with Gasteiger partial charge in [0.15, 0.2) is 0 Å². The van der Waals surface area contributed by atoms with Crippen molar-refractivity contribution >= 4 is 70.1 Å². The summed E-state index contributed by atoms with van der Waals surface area (Å²) in [6.45, 7) is 0. The molecule has 0 aliphatic heterocycles. The summed E-state index contributed by atoms with van der Waals surface area (Å²) in [5.74, 6) is -2.06. The van der Waals surface area contributed by atoms with Crippen LogP contribution in [0.25, 0.3) is 6.08 Å². The Morgan fingerprint density at radius 3 is 2.15 bits per heavy atom. The van der Waals surface area contributed by atoms with Crippen LogP contribution in [-0.2, 0) is 9.59 Å². The van der Waals surface area contributed by atoms with Crippen molar-refractivity contribution in [3.63, 3.8) is 0 Å². The van der Waals surface area contributed by atoms with E-state index in [1.165, 1.54) is 30.0 Å². The second-order valence-electron chi connectivity index (χ2n) is 9.88. The lowest BCUT2D eigenvalue weighted by atomic mass is 10.1. The SMILES string of the molecule is O=C(Nc1cccc(SC(C(=O)Nc2ccccc2F)c2ccccc2)c1)/C(=C\c1cccc(Cl)c1Cl)NC(=O)c1ccccc1. The van der Waals surface area contributed by atoms with Crippen LogP contribution in [-0.4, -0.2) is 17.7 Å². The maximum atomic E-state index is 14.3. The van der Waals surface area contributed by atoms with Gasteiger partial charge in [0.05, 0.1) is 15.7 Å². The number of amides is 3. The molecule has 5 rings (SSSR count). The molecule has 6 nitrogen and oxygen atoms in total. The highest BCUT2D eigenvalue weighted by Gasteiger charge is 2.24. The van der Waals surface area contributed by atoms with Crippen LogP contribution in [0.2, 0.25) is 10.0 Å². The summed E-state index contributed by atoms with van der Waals surface area (Å²) in [6, 6.07) is 35.4. The second kappa shape index (κ2) is 15.4. The molecule has 0 radical (unpaired) electrons. The summed E-state index contributed by atoms with van der Waals surface area (Å²) in [4.78, 5) is 40.7. The molecule has 5 aromatic rings. The molecule has 0 fully saturated rings. The van der Waals surface area contributed by atoms with Crippen molar-refractivity contribution < 1.29 is 18.8 Å². The Morgan fingerprint density at radius 2 is 1.41 bits per heavy atom. The first-order valence-corrected chi connectivity index (χ1v) is 15.6. The van der Waals surface area contributed by atoms with Crippen molar-refractivity contribution in [3.05, 3.63) is 166 Å². The highest BCUT2D eigenvalue weighted by molar-refractivity contribution is 8.00. The van der Waals surface area contributed by atoms with Crippen LogP contribution in [0.3, 0.4) is 0 Å². The number of benzene rings is 5. The zero-order valence-corrected chi connectivity index (χ0v) is 26.4. The minimum Gasteiger partial charge on any atom is -0.322 e. The lowest BCUT2D eigenvalue weighted by Gasteiger charge is -2.18. The van der Waals surface area contributed by atoms with E-state index in [0.717, 1.165) is 0 Å². The van der Waals surface area contributed by atoms with Crippen LogP contribution in [0, 0.1) is 5.82 Å². The van der Waals surface area contributed by atoms with Gasteiger partial charge in [-0.05, 0) is 65.7 Å². The fraction of sp³-hybridized carbons (Fsp3) is 0.0278. The molecule has 1 atom stereocenters. The van der Waals surface area contributed by atoms with Crippen LogP contribution in [0.5, 0.6) is 0 Å². The van der Waals surface area contributed by atoms with Gasteiger partial charge in [-0.3, -0.25) is 14.4 Å². The van der Waals surface area contributed by atoms with E-state index >= 15 is 0 Å². The summed E-state index contributed by atoms with van der Waals surface area (Å²) in [6.07, 6.45) is 1.45. The first-order chi connectivity index (χ1) is 22.3. The van der Waals surface area contributed by atoms with E-state index in [9.17, 15) is 18.8 Å². The van der Waals surface area contributed by atoms with Crippen molar-refractivity contribution in [2.45, 2.75) is 10.1 Å². The molecule has 0 bridgehead atoms. The van der Waals surface area contributed by atoms with E-state index in [2.05, 4.69) is 16.0 Å². The number of thioether (sulfide) groups is 1. The number of nitrogens with one attached hydrogen (secondary N) is 3. The number of carbonyl (C=O) groups excluding carboxylic acids is 3. The largest absolute Gasteiger partial charge is 0.322 e. The third-order valence-corrected chi connectivity index (χ3v) is 8.71. The standard InChI is InChI=1S/C36H26Cl2FN3O3S/c37-28-18-9-15-25(32(28)38)21-31(42-34(43)24-13-5-2-6-14-24)35(44)40-26-16-10-17-27(22-26)46-33(23-11-3-1-4-12-23)36(45)41-30-20-8-7-19-29(30)39/h1-22,33H,(H,40,44)(H,41,45)(H,42,43)/b31-21+. The average Bonchev–Trinajstić information content (AvgIpc) is 3.07. The zero-order valence-electron chi connectivity index (χ0n) is 24.0. The third-order valence-electron chi connectivity index (χ3n) is 6.63. The molecule has 46 heavy (non-hydrogen) atoms. The van der Waals surface area contributed by atoms with E-state index < -0.39 is 28.8 Å². The molecule has 230 valence electrons. The summed E-state index contributed by atoms with van der Waals surface area (Å²) >= 11 is 13.8. The predicted molar refractivity (Wildman–Crippen MR) is 183 cm³/mol. The Kier molecular flexibility index (Phi) is 10.9. The molecule has 3 amide bonds. The smallest absolute Gasteiger partial charge is 0.272 e. The van der Waals surface area contributed by atoms with Gasteiger partial charge >= 0.3 is 0 Å². The summed E-state index contributed by atoms with van der Waals surface area (Å²) < 4.78 is 14.3. The fourth-order valence-corrected chi connectivity index (χ4v) is 5.82. The molecule has 0 saturated heterocycles. The number of rotatable bonds is 10. The lowest BCUT2D eigenvalue weighted by Crippen LogP contribution is -2.30. The Morgan fingerprint density at radius 1 is 0.739 bits per heavy atom. The number of anilines is 2. The van der Waals surface area contributed by atoms with Crippen molar-refractivity contribution in [3.8, 4) is 0 Å². The molecule has 1 unspecified atom stereocenters. The molecule has 0 heterocycles. The molecule has 3 N–H and O–H groups in total. The van der Waals surface area contributed by atoms with E-state index in [1.54, 1.807) is 84.9 Å². The third kappa shape index (κ3) is 8.43. The summed E-state index contributed by atoms with van der Waals surface area (Å²) in [5.41, 5.74) is 1.92. The van der Waals surface area contributed by atoms with Crippen molar-refractivity contribution in [1.82, 2.24) is 5.32 Å². The summed E-state index contributed by atoms with van der Waals surface area (Å²) in [7, 11) is 0. The second-order valence-corrected chi connectivity index (χ2v) is 11.8. The Hall–Kier alpha value is -4.89. The first-order valence-electron chi connectivity index (χ1n) is 14.0. The van der Waals surface area contributed by atoms with Crippen molar-refractivity contribution in [1.29, 1.82) is 0 Å². The molecule has 5 aromatic carbocycles. The number of carbonyl (C=O) groups is 3. The van der Waals surface area contributed by atoms with Crippen molar-refractivity contribution in [2.75, 3.05) is 10.6 Å². The topological polar surface area (TPSA) is 87.3 Å². The van der Waals surface area contributed by atoms with Crippen LogP contribution in [0.4, 0.5) is 15.8 Å². The maximum Gasteiger partial charge on any atom is 0.272 e. The van der Waals surface area contributed by atoms with E-state index in [1.807, 2.05) is 30.3 Å². The normalized spacial score (nSPS) is 11.8. The summed E-state index contributed by atoms with van der Waals surface area (Å²) in [5, 5.41) is 7.96. The van der Waals surface area contributed by atoms with Crippen LogP contribution < -0.4 is 16.0 Å². The highest BCUT2D eigenvalue weighted by atomic mass is 35.5. The minimum absolute atomic E-state index is 0.0671. The maximum absolute atomic E-state index is 14.3. The average molecular weight is 671 g/mol. The minimum atomic E-state index is -0.739. The van der Waals surface area contributed by atoms with Gasteiger partial charge < -0.3 is 16.0 Å². The number of para-hydroxylation sites is 1. The molecular formula is C36H26Cl2FN3O3S. The van der Waals surface area contributed by atoms with E-state index in [4.69, 9.17) is 23.2 Å². The van der Waals surface area contributed by atoms with Gasteiger partial charge in [0.1, 0.15) is 16.8 Å².